The SMILES string of the molecule is CCOCC(N)C(C)(CC)N1CCCCC1. The Hall–Kier alpha value is -0.120. The molecule has 0 aromatic carbocycles. The molecule has 0 amide bonds. The lowest BCUT2D eigenvalue weighted by molar-refractivity contribution is 0.0181. The fourth-order valence-electron chi connectivity index (χ4n) is 2.55. The van der Waals surface area contributed by atoms with Gasteiger partial charge in [0.2, 0.25) is 0 Å². The molecule has 1 saturated heterocycles. The number of ether oxygens (including phenoxy) is 1. The monoisotopic (exact) mass is 228 g/mol. The van der Waals surface area contributed by atoms with Gasteiger partial charge in [0, 0.05) is 18.2 Å². The minimum Gasteiger partial charge on any atom is -0.380 e. The van der Waals surface area contributed by atoms with Crippen LogP contribution in [0.2, 0.25) is 0 Å². The van der Waals surface area contributed by atoms with Gasteiger partial charge in [-0.1, -0.05) is 13.3 Å². The van der Waals surface area contributed by atoms with Crippen LogP contribution in [0.25, 0.3) is 0 Å². The molecule has 1 fully saturated rings. The first-order valence-electron chi connectivity index (χ1n) is 6.73. The van der Waals surface area contributed by atoms with E-state index in [9.17, 15) is 0 Å². The number of nitrogens with two attached hydrogens (primary N) is 1. The molecule has 2 unspecified atom stereocenters. The third-order valence-corrected chi connectivity index (χ3v) is 4.09. The lowest BCUT2D eigenvalue weighted by Crippen LogP contribution is -2.60. The van der Waals surface area contributed by atoms with Crippen molar-refractivity contribution >= 4 is 0 Å². The van der Waals surface area contributed by atoms with Crippen molar-refractivity contribution in [1.29, 1.82) is 0 Å². The van der Waals surface area contributed by atoms with E-state index in [2.05, 4.69) is 18.7 Å². The van der Waals surface area contributed by atoms with Crippen molar-refractivity contribution in [3.63, 3.8) is 0 Å². The molecule has 0 aromatic rings. The molecule has 1 aliphatic heterocycles. The summed E-state index contributed by atoms with van der Waals surface area (Å²) in [5.74, 6) is 0. The molecule has 0 spiro atoms. The highest BCUT2D eigenvalue weighted by molar-refractivity contribution is 4.95. The predicted octanol–water partition coefficient (Wildman–Crippen LogP) is 2.00. The summed E-state index contributed by atoms with van der Waals surface area (Å²) in [4.78, 5) is 2.57. The maximum atomic E-state index is 6.31. The van der Waals surface area contributed by atoms with Gasteiger partial charge in [0.05, 0.1) is 6.61 Å². The minimum atomic E-state index is 0.107. The highest BCUT2D eigenvalue weighted by atomic mass is 16.5. The van der Waals surface area contributed by atoms with Crippen LogP contribution in [0, 0.1) is 0 Å². The van der Waals surface area contributed by atoms with Crippen molar-refractivity contribution in [1.82, 2.24) is 4.90 Å². The largest absolute Gasteiger partial charge is 0.380 e. The molecule has 3 heteroatoms. The molecule has 0 aliphatic carbocycles. The number of nitrogens with zero attached hydrogens (tertiary/aromatic N) is 1. The highest BCUT2D eigenvalue weighted by Crippen LogP contribution is 2.26. The average molecular weight is 228 g/mol. The van der Waals surface area contributed by atoms with Gasteiger partial charge in [-0.05, 0) is 46.2 Å². The minimum absolute atomic E-state index is 0.107. The average Bonchev–Trinajstić information content (AvgIpc) is 2.35. The van der Waals surface area contributed by atoms with Gasteiger partial charge >= 0.3 is 0 Å². The zero-order chi connectivity index (χ0) is 12.0. The summed E-state index contributed by atoms with van der Waals surface area (Å²) in [6, 6.07) is 0.121. The molecule has 1 rings (SSSR count). The Bertz CT molecular complexity index is 192. The second kappa shape index (κ2) is 6.58. The number of hydrogen-bond acceptors (Lipinski definition) is 3. The molecule has 96 valence electrons. The smallest absolute Gasteiger partial charge is 0.0635 e. The van der Waals surface area contributed by atoms with Gasteiger partial charge < -0.3 is 10.5 Å². The summed E-state index contributed by atoms with van der Waals surface area (Å²) in [6.45, 7) is 10.4. The second-order valence-electron chi connectivity index (χ2n) is 5.02. The van der Waals surface area contributed by atoms with Crippen molar-refractivity contribution in [2.24, 2.45) is 5.73 Å². The summed E-state index contributed by atoms with van der Waals surface area (Å²) < 4.78 is 5.48. The lowest BCUT2D eigenvalue weighted by atomic mass is 9.86. The first-order valence-corrected chi connectivity index (χ1v) is 6.73. The first kappa shape index (κ1) is 13.9. The lowest BCUT2D eigenvalue weighted by Gasteiger charge is -2.46. The Morgan fingerprint density at radius 3 is 2.38 bits per heavy atom. The van der Waals surface area contributed by atoms with Crippen LogP contribution in [0.1, 0.15) is 46.5 Å². The van der Waals surface area contributed by atoms with E-state index in [4.69, 9.17) is 10.5 Å². The van der Waals surface area contributed by atoms with Crippen LogP contribution in [0.15, 0.2) is 0 Å². The number of rotatable bonds is 6. The zero-order valence-corrected chi connectivity index (χ0v) is 11.2. The molecular formula is C13H28N2O. The van der Waals surface area contributed by atoms with Gasteiger partial charge in [0.1, 0.15) is 0 Å². The van der Waals surface area contributed by atoms with Gasteiger partial charge in [-0.15, -0.1) is 0 Å². The molecule has 0 saturated carbocycles. The molecule has 1 aliphatic rings. The van der Waals surface area contributed by atoms with Crippen LogP contribution in [-0.4, -0.2) is 42.8 Å². The Kier molecular flexibility index (Phi) is 5.73. The molecule has 2 atom stereocenters. The molecule has 0 bridgehead atoms. The van der Waals surface area contributed by atoms with Gasteiger partial charge in [0.15, 0.2) is 0 Å². The van der Waals surface area contributed by atoms with E-state index in [0.29, 0.717) is 6.61 Å². The number of piperidine rings is 1. The first-order chi connectivity index (χ1) is 7.65. The van der Waals surface area contributed by atoms with E-state index in [1.807, 2.05) is 6.92 Å². The van der Waals surface area contributed by atoms with Crippen LogP contribution in [0.3, 0.4) is 0 Å². The van der Waals surface area contributed by atoms with Crippen molar-refractivity contribution in [3.8, 4) is 0 Å². The number of hydrogen-bond donors (Lipinski definition) is 1. The van der Waals surface area contributed by atoms with E-state index in [-0.39, 0.29) is 11.6 Å². The van der Waals surface area contributed by atoms with Crippen molar-refractivity contribution in [2.45, 2.75) is 58.0 Å². The zero-order valence-electron chi connectivity index (χ0n) is 11.2. The maximum absolute atomic E-state index is 6.31. The normalized spacial score (nSPS) is 24.0. The topological polar surface area (TPSA) is 38.5 Å². The van der Waals surface area contributed by atoms with Gasteiger partial charge in [-0.25, -0.2) is 0 Å². The third-order valence-electron chi connectivity index (χ3n) is 4.09. The van der Waals surface area contributed by atoms with Crippen LogP contribution < -0.4 is 5.73 Å². The van der Waals surface area contributed by atoms with E-state index < -0.39 is 0 Å². The molecule has 2 N–H and O–H groups in total. The Balaban J connectivity index is 2.58. The maximum Gasteiger partial charge on any atom is 0.0635 e. The van der Waals surface area contributed by atoms with Crippen LogP contribution in [0.4, 0.5) is 0 Å². The highest BCUT2D eigenvalue weighted by Gasteiger charge is 2.36. The van der Waals surface area contributed by atoms with Crippen molar-refractivity contribution < 1.29 is 4.74 Å². The van der Waals surface area contributed by atoms with E-state index in [1.54, 1.807) is 0 Å². The predicted molar refractivity (Wildman–Crippen MR) is 68.6 cm³/mol. The summed E-state index contributed by atoms with van der Waals surface area (Å²) in [5, 5.41) is 0. The van der Waals surface area contributed by atoms with Gasteiger partial charge in [0.25, 0.3) is 0 Å². The van der Waals surface area contributed by atoms with E-state index in [0.717, 1.165) is 13.0 Å². The van der Waals surface area contributed by atoms with Crippen LogP contribution in [-0.2, 0) is 4.74 Å². The van der Waals surface area contributed by atoms with Crippen molar-refractivity contribution in [3.05, 3.63) is 0 Å². The van der Waals surface area contributed by atoms with E-state index in [1.165, 1.54) is 32.4 Å². The fourth-order valence-corrected chi connectivity index (χ4v) is 2.55. The molecule has 0 radical (unpaired) electrons. The van der Waals surface area contributed by atoms with Crippen LogP contribution >= 0.6 is 0 Å². The third kappa shape index (κ3) is 3.19. The van der Waals surface area contributed by atoms with Gasteiger partial charge in [-0.2, -0.15) is 0 Å². The molecule has 3 nitrogen and oxygen atoms in total. The summed E-state index contributed by atoms with van der Waals surface area (Å²) >= 11 is 0. The quantitative estimate of drug-likeness (QED) is 0.756. The fraction of sp³-hybridized carbons (Fsp3) is 1.00. The summed E-state index contributed by atoms with van der Waals surface area (Å²) in [5.41, 5.74) is 6.42. The molecular weight excluding hydrogens is 200 g/mol. The van der Waals surface area contributed by atoms with E-state index >= 15 is 0 Å². The molecule has 16 heavy (non-hydrogen) atoms. The second-order valence-corrected chi connectivity index (χ2v) is 5.02. The number of likely N-dealkylation sites (tertiary alicyclic amines) is 1. The summed E-state index contributed by atoms with van der Waals surface area (Å²) in [7, 11) is 0. The molecule has 0 aromatic heterocycles. The summed E-state index contributed by atoms with van der Waals surface area (Å²) in [6.07, 6.45) is 5.10. The molecule has 1 heterocycles. The van der Waals surface area contributed by atoms with Gasteiger partial charge in [-0.3, -0.25) is 4.90 Å². The van der Waals surface area contributed by atoms with Crippen LogP contribution in [0.5, 0.6) is 0 Å². The Labute approximate surface area is 100 Å². The standard InChI is InChI=1S/C13H28N2O/c1-4-13(3,12(14)11-16-5-2)15-9-7-6-8-10-15/h12H,4-11,14H2,1-3H3. The van der Waals surface area contributed by atoms with Crippen molar-refractivity contribution in [2.75, 3.05) is 26.3 Å². The Morgan fingerprint density at radius 1 is 1.25 bits per heavy atom. The Morgan fingerprint density at radius 2 is 1.88 bits per heavy atom.